The minimum atomic E-state index is 0.0138. The van der Waals surface area contributed by atoms with Crippen molar-refractivity contribution in [2.45, 2.75) is 25.6 Å². The summed E-state index contributed by atoms with van der Waals surface area (Å²) in [7, 11) is 0. The van der Waals surface area contributed by atoms with Crippen molar-refractivity contribution in [3.8, 4) is 11.8 Å². The molecule has 0 amide bonds. The molecule has 0 radical (unpaired) electrons. The van der Waals surface area contributed by atoms with E-state index < -0.39 is 0 Å². The zero-order valence-corrected chi connectivity index (χ0v) is 5.42. The summed E-state index contributed by atoms with van der Waals surface area (Å²) in [6, 6.07) is 0. The van der Waals surface area contributed by atoms with Gasteiger partial charge in [0, 0.05) is 6.42 Å². The lowest BCUT2D eigenvalue weighted by Gasteiger charge is -1.80. The predicted octanol–water partition coefficient (Wildman–Crippen LogP) is 2.03. The van der Waals surface area contributed by atoms with E-state index in [2.05, 4.69) is 11.8 Å². The Morgan fingerprint density at radius 2 is 2.29 bits per heavy atom. The Labute approximate surface area is 49.9 Å². The second kappa shape index (κ2) is 4.02. The van der Waals surface area contributed by atoms with E-state index in [1.165, 1.54) is 0 Å². The average molecular weight is 117 g/mol. The van der Waals surface area contributed by atoms with E-state index in [1.54, 1.807) is 0 Å². The molecule has 0 nitrogen and oxygen atoms in total. The molecule has 0 aliphatic rings. The molecule has 1 atom stereocenters. The van der Waals surface area contributed by atoms with Crippen molar-refractivity contribution in [3.05, 3.63) is 0 Å². The Balaban J connectivity index is 3.24. The number of halogens is 1. The molecule has 0 saturated carbocycles. The van der Waals surface area contributed by atoms with Gasteiger partial charge in [0.2, 0.25) is 0 Å². The molecular weight excluding hydrogens is 108 g/mol. The third kappa shape index (κ3) is 5.85. The molecule has 0 heterocycles. The summed E-state index contributed by atoms with van der Waals surface area (Å²) < 4.78 is 0. The molecule has 7 heavy (non-hydrogen) atoms. The van der Waals surface area contributed by atoms with E-state index in [-0.39, 0.29) is 5.38 Å². The first-order chi connectivity index (χ1) is 3.27. The van der Waals surface area contributed by atoms with E-state index in [9.17, 15) is 0 Å². The number of alkyl halides is 1. The van der Waals surface area contributed by atoms with Gasteiger partial charge in [-0.3, -0.25) is 0 Å². The van der Waals surface area contributed by atoms with Crippen molar-refractivity contribution >= 4 is 11.6 Å². The maximum absolute atomic E-state index is 5.48. The fourth-order valence-corrected chi connectivity index (χ4v) is 0.320. The highest BCUT2D eigenvalue weighted by molar-refractivity contribution is 6.22. The van der Waals surface area contributed by atoms with Crippen LogP contribution in [0.2, 0.25) is 0 Å². The van der Waals surface area contributed by atoms with Gasteiger partial charge in [0.15, 0.2) is 0 Å². The van der Waals surface area contributed by atoms with Crippen LogP contribution in [0.15, 0.2) is 0 Å². The highest BCUT2D eigenvalue weighted by Crippen LogP contribution is 1.87. The Morgan fingerprint density at radius 3 is 2.43 bits per heavy atom. The summed E-state index contributed by atoms with van der Waals surface area (Å²) in [4.78, 5) is 0. The van der Waals surface area contributed by atoms with Crippen molar-refractivity contribution in [2.75, 3.05) is 0 Å². The van der Waals surface area contributed by atoms with Crippen molar-refractivity contribution < 1.29 is 0 Å². The van der Waals surface area contributed by atoms with Crippen molar-refractivity contribution in [2.24, 2.45) is 0 Å². The summed E-state index contributed by atoms with van der Waals surface area (Å²) in [5.41, 5.74) is 0. The summed E-state index contributed by atoms with van der Waals surface area (Å²) >= 11 is 5.48. The van der Waals surface area contributed by atoms with Gasteiger partial charge in [0.25, 0.3) is 0 Å². The topological polar surface area (TPSA) is 0 Å². The summed E-state index contributed by atoms with van der Waals surface area (Å²) in [6.45, 7) is 3.87. The number of rotatable bonds is 0. The Morgan fingerprint density at radius 1 is 1.71 bits per heavy atom. The molecule has 1 unspecified atom stereocenters. The number of hydrogen-bond acceptors (Lipinski definition) is 0. The van der Waals surface area contributed by atoms with Crippen LogP contribution in [0.25, 0.3) is 0 Å². The van der Waals surface area contributed by atoms with Crippen molar-refractivity contribution in [3.63, 3.8) is 0 Å². The second-order valence-corrected chi connectivity index (χ2v) is 1.95. The molecule has 0 aliphatic heterocycles. The number of hydrogen-bond donors (Lipinski definition) is 0. The first kappa shape index (κ1) is 6.85. The molecule has 0 aliphatic carbocycles. The Hall–Kier alpha value is -0.150. The monoisotopic (exact) mass is 116 g/mol. The average Bonchev–Trinajstić information content (AvgIpc) is 1.61. The lowest BCUT2D eigenvalue weighted by Crippen LogP contribution is -1.79. The van der Waals surface area contributed by atoms with Crippen molar-refractivity contribution in [1.82, 2.24) is 0 Å². The van der Waals surface area contributed by atoms with E-state index in [0.717, 1.165) is 6.42 Å². The van der Waals surface area contributed by atoms with Gasteiger partial charge in [-0.2, -0.15) is 0 Å². The third-order valence-corrected chi connectivity index (χ3v) is 0.587. The summed E-state index contributed by atoms with van der Waals surface area (Å²) in [5, 5.41) is 0.0138. The van der Waals surface area contributed by atoms with Gasteiger partial charge in [-0.05, 0) is 6.92 Å². The van der Waals surface area contributed by atoms with Gasteiger partial charge in [-0.25, -0.2) is 0 Å². The molecule has 0 saturated heterocycles. The SMILES string of the molecule is CCC#CC(C)Cl. The van der Waals surface area contributed by atoms with Crippen LogP contribution in [0.4, 0.5) is 0 Å². The first-order valence-corrected chi connectivity index (χ1v) is 2.83. The van der Waals surface area contributed by atoms with Crippen LogP contribution in [-0.2, 0) is 0 Å². The van der Waals surface area contributed by atoms with Crippen LogP contribution >= 0.6 is 11.6 Å². The van der Waals surface area contributed by atoms with E-state index >= 15 is 0 Å². The highest BCUT2D eigenvalue weighted by Gasteiger charge is 1.80. The maximum Gasteiger partial charge on any atom is 0.0915 e. The molecule has 40 valence electrons. The molecule has 0 aromatic rings. The fraction of sp³-hybridized carbons (Fsp3) is 0.667. The Kier molecular flexibility index (Phi) is 3.93. The molecular formula is C6H9Cl. The molecule has 0 bridgehead atoms. The molecule has 0 N–H and O–H groups in total. The smallest absolute Gasteiger partial charge is 0.0915 e. The molecule has 0 rings (SSSR count). The lowest BCUT2D eigenvalue weighted by molar-refractivity contribution is 1.24. The lowest BCUT2D eigenvalue weighted by atomic mass is 10.4. The van der Waals surface area contributed by atoms with E-state index in [4.69, 9.17) is 11.6 Å². The zero-order chi connectivity index (χ0) is 5.70. The standard InChI is InChI=1S/C6H9Cl/c1-3-4-5-6(2)7/h6H,3H2,1-2H3. The molecule has 0 spiro atoms. The van der Waals surface area contributed by atoms with Crippen LogP contribution < -0.4 is 0 Å². The minimum Gasteiger partial charge on any atom is -0.109 e. The van der Waals surface area contributed by atoms with Crippen LogP contribution in [0, 0.1) is 11.8 Å². The molecule has 1 heteroatoms. The predicted molar refractivity (Wildman–Crippen MR) is 33.4 cm³/mol. The normalized spacial score (nSPS) is 11.9. The summed E-state index contributed by atoms with van der Waals surface area (Å²) in [5.74, 6) is 5.68. The van der Waals surface area contributed by atoms with Gasteiger partial charge in [-0.1, -0.05) is 12.8 Å². The minimum absolute atomic E-state index is 0.0138. The fourth-order valence-electron chi connectivity index (χ4n) is 0.243. The first-order valence-electron chi connectivity index (χ1n) is 2.39. The third-order valence-electron chi connectivity index (χ3n) is 0.478. The van der Waals surface area contributed by atoms with E-state index in [1.807, 2.05) is 13.8 Å². The van der Waals surface area contributed by atoms with Crippen LogP contribution in [0.5, 0.6) is 0 Å². The molecule has 0 aromatic heterocycles. The maximum atomic E-state index is 5.48. The van der Waals surface area contributed by atoms with Gasteiger partial charge in [0.1, 0.15) is 0 Å². The summed E-state index contributed by atoms with van der Waals surface area (Å²) in [6.07, 6.45) is 0.900. The largest absolute Gasteiger partial charge is 0.109 e. The van der Waals surface area contributed by atoms with Crippen LogP contribution in [-0.4, -0.2) is 5.38 Å². The molecule has 0 fully saturated rings. The van der Waals surface area contributed by atoms with E-state index in [0.29, 0.717) is 0 Å². The van der Waals surface area contributed by atoms with Crippen LogP contribution in [0.3, 0.4) is 0 Å². The van der Waals surface area contributed by atoms with Crippen molar-refractivity contribution in [1.29, 1.82) is 0 Å². The zero-order valence-electron chi connectivity index (χ0n) is 4.66. The van der Waals surface area contributed by atoms with Gasteiger partial charge in [0.05, 0.1) is 5.38 Å². The highest BCUT2D eigenvalue weighted by atomic mass is 35.5. The quantitative estimate of drug-likeness (QED) is 0.336. The molecule has 0 aromatic carbocycles. The van der Waals surface area contributed by atoms with Crippen LogP contribution in [0.1, 0.15) is 20.3 Å². The second-order valence-electron chi connectivity index (χ2n) is 1.29. The van der Waals surface area contributed by atoms with Gasteiger partial charge in [-0.15, -0.1) is 17.5 Å². The Bertz CT molecular complexity index is 84.1. The van der Waals surface area contributed by atoms with Gasteiger partial charge < -0.3 is 0 Å². The van der Waals surface area contributed by atoms with Gasteiger partial charge >= 0.3 is 0 Å².